The van der Waals surface area contributed by atoms with Gasteiger partial charge in [-0.25, -0.2) is 14.6 Å². The molecule has 1 aliphatic rings. The lowest BCUT2D eigenvalue weighted by Gasteiger charge is -2.30. The molecule has 0 amide bonds. The summed E-state index contributed by atoms with van der Waals surface area (Å²) < 4.78 is 48.3. The summed E-state index contributed by atoms with van der Waals surface area (Å²) in [5.41, 5.74) is -3.25. The Kier molecular flexibility index (Phi) is 4.95. The van der Waals surface area contributed by atoms with Crippen LogP contribution >= 0.6 is 11.6 Å². The summed E-state index contributed by atoms with van der Waals surface area (Å²) in [5.74, 6) is -0.261. The molecule has 3 aromatic rings. The molecule has 1 N–H and O–H groups in total. The van der Waals surface area contributed by atoms with Gasteiger partial charge in [0.15, 0.2) is 5.69 Å². The minimum atomic E-state index is -4.78. The lowest BCUT2D eigenvalue weighted by atomic mass is 9.87. The molecule has 1 atom stereocenters. The molecule has 0 spiro atoms. The van der Waals surface area contributed by atoms with E-state index in [1.165, 1.54) is 41.6 Å². The van der Waals surface area contributed by atoms with Crippen molar-refractivity contribution in [2.45, 2.75) is 31.2 Å². The van der Waals surface area contributed by atoms with Crippen molar-refractivity contribution in [3.63, 3.8) is 0 Å². The van der Waals surface area contributed by atoms with Crippen LogP contribution in [0.4, 0.5) is 13.2 Å². The molecule has 2 heterocycles. The topological polar surface area (TPSA) is 73.1 Å². The Morgan fingerprint density at radius 3 is 2.45 bits per heavy atom. The fourth-order valence-electron chi connectivity index (χ4n) is 3.24. The molecule has 29 heavy (non-hydrogen) atoms. The molecule has 1 saturated carbocycles. The van der Waals surface area contributed by atoms with E-state index in [0.29, 0.717) is 23.6 Å². The quantitative estimate of drug-likeness (QED) is 0.633. The van der Waals surface area contributed by atoms with E-state index in [0.717, 1.165) is 0 Å². The molecule has 1 fully saturated rings. The van der Waals surface area contributed by atoms with Crippen LogP contribution in [0.3, 0.4) is 0 Å². The maximum Gasteiger partial charge on any atom is 0.433 e. The van der Waals surface area contributed by atoms with Gasteiger partial charge in [0, 0.05) is 16.7 Å². The van der Waals surface area contributed by atoms with Gasteiger partial charge in [0.05, 0.1) is 6.54 Å². The van der Waals surface area contributed by atoms with Gasteiger partial charge >= 0.3 is 6.18 Å². The number of aromatic nitrogens is 4. The molecule has 152 valence electrons. The Hall–Kier alpha value is -2.65. The van der Waals surface area contributed by atoms with Crippen LogP contribution in [-0.4, -0.2) is 24.9 Å². The highest BCUT2D eigenvalue weighted by atomic mass is 35.5. The Balaban J connectivity index is 1.73. The number of benzene rings is 1. The number of rotatable bonds is 6. The molecule has 4 rings (SSSR count). The average Bonchev–Trinajstić information content (AvgIpc) is 3.42. The van der Waals surface area contributed by atoms with Gasteiger partial charge in [-0.05, 0) is 49.1 Å². The maximum absolute atomic E-state index is 13.8. The number of halogens is 4. The van der Waals surface area contributed by atoms with Crippen LogP contribution in [0.5, 0.6) is 11.6 Å². The van der Waals surface area contributed by atoms with Crippen molar-refractivity contribution in [2.24, 2.45) is 5.92 Å². The Labute approximate surface area is 168 Å². The maximum atomic E-state index is 13.8. The zero-order valence-corrected chi connectivity index (χ0v) is 15.7. The van der Waals surface area contributed by atoms with Crippen molar-refractivity contribution in [1.29, 1.82) is 0 Å². The molecule has 0 bridgehead atoms. The van der Waals surface area contributed by atoms with Crippen molar-refractivity contribution < 1.29 is 23.0 Å². The summed E-state index contributed by atoms with van der Waals surface area (Å²) in [6.45, 7) is -0.153. The van der Waals surface area contributed by atoms with Crippen LogP contribution in [0.25, 0.3) is 0 Å². The molecule has 2 aromatic heterocycles. The van der Waals surface area contributed by atoms with E-state index in [4.69, 9.17) is 16.3 Å². The highest BCUT2D eigenvalue weighted by Crippen LogP contribution is 2.49. The van der Waals surface area contributed by atoms with Crippen LogP contribution < -0.4 is 4.74 Å². The van der Waals surface area contributed by atoms with E-state index in [1.807, 2.05) is 0 Å². The predicted molar refractivity (Wildman–Crippen MR) is 97.4 cm³/mol. The zero-order valence-electron chi connectivity index (χ0n) is 15.0. The fraction of sp³-hybridized carbons (Fsp3) is 0.316. The highest BCUT2D eigenvalue weighted by Gasteiger charge is 2.50. The van der Waals surface area contributed by atoms with Gasteiger partial charge in [-0.3, -0.25) is 0 Å². The summed E-state index contributed by atoms with van der Waals surface area (Å²) in [4.78, 5) is 7.47. The lowest BCUT2D eigenvalue weighted by Crippen LogP contribution is -2.36. The van der Waals surface area contributed by atoms with Crippen molar-refractivity contribution in [3.05, 3.63) is 65.3 Å². The normalized spacial score (nSPS) is 16.4. The molecule has 0 radical (unpaired) electrons. The molecular weight excluding hydrogens is 409 g/mol. The number of alkyl halides is 3. The van der Waals surface area contributed by atoms with Crippen molar-refractivity contribution in [1.82, 2.24) is 19.7 Å². The van der Waals surface area contributed by atoms with E-state index in [9.17, 15) is 18.3 Å². The van der Waals surface area contributed by atoms with Gasteiger partial charge in [-0.1, -0.05) is 11.6 Å². The highest BCUT2D eigenvalue weighted by molar-refractivity contribution is 6.30. The largest absolute Gasteiger partial charge is 0.439 e. The Morgan fingerprint density at radius 2 is 1.86 bits per heavy atom. The van der Waals surface area contributed by atoms with Crippen LogP contribution in [0.2, 0.25) is 5.02 Å². The first-order chi connectivity index (χ1) is 13.8. The Morgan fingerprint density at radius 1 is 1.14 bits per heavy atom. The number of hydrogen-bond acceptors (Lipinski definition) is 5. The number of nitrogens with zero attached hydrogens (tertiary/aromatic N) is 4. The molecule has 0 saturated heterocycles. The first-order valence-electron chi connectivity index (χ1n) is 8.82. The third-order valence-electron chi connectivity index (χ3n) is 4.76. The monoisotopic (exact) mass is 424 g/mol. The molecule has 1 aromatic carbocycles. The minimum absolute atomic E-state index is 0.153. The van der Waals surface area contributed by atoms with Crippen molar-refractivity contribution in [2.75, 3.05) is 0 Å². The third kappa shape index (κ3) is 4.20. The lowest BCUT2D eigenvalue weighted by molar-refractivity contribution is -0.145. The molecule has 0 aliphatic heterocycles. The first-order valence-corrected chi connectivity index (χ1v) is 9.20. The first kappa shape index (κ1) is 19.7. The third-order valence-corrected chi connectivity index (χ3v) is 5.01. The standard InChI is InChI=1S/C19H16ClF3N4O2/c20-13-3-5-14(6-4-13)29-16-8-7-15(17(26-16)19(21,22)23)18(28,12-1-2-12)9-27-11-24-10-25-27/h3-8,10-12,28H,1-2,9H2. The summed E-state index contributed by atoms with van der Waals surface area (Å²) >= 11 is 5.81. The second-order valence-electron chi connectivity index (χ2n) is 6.89. The molecule has 6 nitrogen and oxygen atoms in total. The van der Waals surface area contributed by atoms with Gasteiger partial charge in [0.2, 0.25) is 5.88 Å². The summed E-state index contributed by atoms with van der Waals surface area (Å²) in [6.07, 6.45) is -0.928. The van der Waals surface area contributed by atoms with E-state index in [2.05, 4.69) is 15.1 Å². The molecule has 1 unspecified atom stereocenters. The van der Waals surface area contributed by atoms with E-state index in [1.54, 1.807) is 12.1 Å². The van der Waals surface area contributed by atoms with Crippen LogP contribution in [0.15, 0.2) is 49.1 Å². The summed E-state index contributed by atoms with van der Waals surface area (Å²) in [5, 5.41) is 15.7. The van der Waals surface area contributed by atoms with Crippen molar-refractivity contribution >= 4 is 11.6 Å². The number of pyridine rings is 1. The number of hydrogen-bond donors (Lipinski definition) is 1. The van der Waals surface area contributed by atoms with Gasteiger partial charge < -0.3 is 9.84 Å². The predicted octanol–water partition coefficient (Wildman–Crippen LogP) is 4.44. The number of aliphatic hydroxyl groups is 1. The van der Waals surface area contributed by atoms with Crippen LogP contribution in [0.1, 0.15) is 24.1 Å². The number of ether oxygens (including phenoxy) is 1. The smallest absolute Gasteiger partial charge is 0.433 e. The Bertz CT molecular complexity index is 992. The van der Waals surface area contributed by atoms with Crippen LogP contribution in [-0.2, 0) is 18.3 Å². The van der Waals surface area contributed by atoms with Gasteiger partial charge in [0.1, 0.15) is 24.0 Å². The zero-order chi connectivity index (χ0) is 20.6. The molecule has 10 heteroatoms. The van der Waals surface area contributed by atoms with Crippen LogP contribution in [0, 0.1) is 5.92 Å². The van der Waals surface area contributed by atoms with Gasteiger partial charge in [-0.2, -0.15) is 18.3 Å². The summed E-state index contributed by atoms with van der Waals surface area (Å²) in [6, 6.07) is 8.69. The summed E-state index contributed by atoms with van der Waals surface area (Å²) in [7, 11) is 0. The van der Waals surface area contributed by atoms with E-state index < -0.39 is 17.5 Å². The second kappa shape index (κ2) is 7.31. The SMILES string of the molecule is OC(Cn1cncn1)(c1ccc(Oc2ccc(Cl)cc2)nc1C(F)(F)F)C1CC1. The van der Waals surface area contributed by atoms with E-state index in [-0.39, 0.29) is 23.9 Å². The van der Waals surface area contributed by atoms with Gasteiger partial charge in [-0.15, -0.1) is 0 Å². The minimum Gasteiger partial charge on any atom is -0.439 e. The average molecular weight is 425 g/mol. The molecule has 1 aliphatic carbocycles. The molecular formula is C19H16ClF3N4O2. The van der Waals surface area contributed by atoms with E-state index >= 15 is 0 Å². The van der Waals surface area contributed by atoms with Gasteiger partial charge in [0.25, 0.3) is 0 Å². The fourth-order valence-corrected chi connectivity index (χ4v) is 3.37. The van der Waals surface area contributed by atoms with Crippen molar-refractivity contribution in [3.8, 4) is 11.6 Å². The second-order valence-corrected chi connectivity index (χ2v) is 7.33.